The first-order chi connectivity index (χ1) is 6.37. The van der Waals surface area contributed by atoms with Crippen molar-refractivity contribution < 1.29 is 14.6 Å². The molecule has 0 aliphatic heterocycles. The lowest BCUT2D eigenvalue weighted by atomic mass is 10.1. The van der Waals surface area contributed by atoms with Crippen molar-refractivity contribution in [2.75, 3.05) is 27.2 Å². The predicted octanol–water partition coefficient (Wildman–Crippen LogP) is 1.21. The summed E-state index contributed by atoms with van der Waals surface area (Å²) in [5, 5.41) is 8.49. The number of carbonyl (C=O) groups is 1. The van der Waals surface area contributed by atoms with Crippen molar-refractivity contribution in [1.29, 1.82) is 0 Å². The van der Waals surface area contributed by atoms with Crippen LogP contribution in [0.25, 0.3) is 0 Å². The van der Waals surface area contributed by atoms with Gasteiger partial charge in [0.25, 0.3) is 0 Å². The number of nitrogens with zero attached hydrogens (tertiary/aromatic N) is 1. The van der Waals surface area contributed by atoms with Crippen molar-refractivity contribution in [3.8, 4) is 0 Å². The number of rotatable bonds is 7. The van der Waals surface area contributed by atoms with Gasteiger partial charge in [-0.25, -0.2) is 0 Å². The first-order valence-electron chi connectivity index (χ1n) is 4.83. The topological polar surface area (TPSA) is 49.8 Å². The number of aliphatic carboxylic acids is 1. The highest BCUT2D eigenvalue weighted by atomic mass is 16.5. The quantitative estimate of drug-likeness (QED) is 0.675. The van der Waals surface area contributed by atoms with Gasteiger partial charge < -0.3 is 14.7 Å². The third-order valence-corrected chi connectivity index (χ3v) is 2.36. The summed E-state index contributed by atoms with van der Waals surface area (Å²) >= 11 is 0. The second-order valence-electron chi connectivity index (χ2n) is 4.16. The minimum absolute atomic E-state index is 0.127. The van der Waals surface area contributed by atoms with Crippen LogP contribution in [0.2, 0.25) is 0 Å². The fourth-order valence-corrected chi connectivity index (χ4v) is 0.960. The summed E-state index contributed by atoms with van der Waals surface area (Å²) in [6.45, 7) is 5.50. The SMILES string of the molecule is COC(C)(C)CCN(C)CCC(=O)O. The van der Waals surface area contributed by atoms with Gasteiger partial charge in [-0.3, -0.25) is 4.79 Å². The Kier molecular flexibility index (Phi) is 5.72. The van der Waals surface area contributed by atoms with Gasteiger partial charge in [0.05, 0.1) is 12.0 Å². The Labute approximate surface area is 85.9 Å². The van der Waals surface area contributed by atoms with Gasteiger partial charge in [0, 0.05) is 20.2 Å². The fourth-order valence-electron chi connectivity index (χ4n) is 0.960. The largest absolute Gasteiger partial charge is 0.481 e. The molecule has 0 fully saturated rings. The molecule has 14 heavy (non-hydrogen) atoms. The maximum Gasteiger partial charge on any atom is 0.304 e. The van der Waals surface area contributed by atoms with Gasteiger partial charge in [0.2, 0.25) is 0 Å². The Morgan fingerprint density at radius 3 is 2.43 bits per heavy atom. The van der Waals surface area contributed by atoms with E-state index in [1.54, 1.807) is 7.11 Å². The van der Waals surface area contributed by atoms with E-state index in [-0.39, 0.29) is 12.0 Å². The number of methoxy groups -OCH3 is 1. The zero-order valence-electron chi connectivity index (χ0n) is 9.54. The second-order valence-corrected chi connectivity index (χ2v) is 4.16. The maximum atomic E-state index is 10.3. The van der Waals surface area contributed by atoms with Gasteiger partial charge in [-0.1, -0.05) is 0 Å². The zero-order chi connectivity index (χ0) is 11.2. The summed E-state index contributed by atoms with van der Waals surface area (Å²) in [5.74, 6) is -0.747. The van der Waals surface area contributed by atoms with Gasteiger partial charge in [-0.05, 0) is 27.3 Å². The van der Waals surface area contributed by atoms with E-state index in [1.807, 2.05) is 25.8 Å². The van der Waals surface area contributed by atoms with E-state index >= 15 is 0 Å². The lowest BCUT2D eigenvalue weighted by Crippen LogP contribution is -2.31. The van der Waals surface area contributed by atoms with Crippen molar-refractivity contribution in [3.63, 3.8) is 0 Å². The molecule has 4 heteroatoms. The number of hydrogen-bond acceptors (Lipinski definition) is 3. The molecule has 0 aliphatic rings. The van der Waals surface area contributed by atoms with Crippen molar-refractivity contribution in [3.05, 3.63) is 0 Å². The molecule has 0 radical (unpaired) electrons. The molecule has 0 aromatic carbocycles. The van der Waals surface area contributed by atoms with Gasteiger partial charge in [0.1, 0.15) is 0 Å². The number of carboxylic acids is 1. The number of ether oxygens (including phenoxy) is 1. The number of hydrogen-bond donors (Lipinski definition) is 1. The van der Waals surface area contributed by atoms with Crippen LogP contribution >= 0.6 is 0 Å². The highest BCUT2D eigenvalue weighted by Gasteiger charge is 2.16. The summed E-state index contributed by atoms with van der Waals surface area (Å²) in [7, 11) is 3.62. The third-order valence-electron chi connectivity index (χ3n) is 2.36. The maximum absolute atomic E-state index is 10.3. The molecule has 84 valence electrons. The summed E-state index contributed by atoms with van der Waals surface area (Å²) < 4.78 is 5.27. The van der Waals surface area contributed by atoms with Crippen LogP contribution < -0.4 is 0 Å². The normalized spacial score (nSPS) is 12.1. The predicted molar refractivity (Wildman–Crippen MR) is 55.5 cm³/mol. The molecule has 4 nitrogen and oxygen atoms in total. The van der Waals surface area contributed by atoms with Crippen LogP contribution in [-0.2, 0) is 9.53 Å². The van der Waals surface area contributed by atoms with Gasteiger partial charge >= 0.3 is 5.97 Å². The molecule has 0 aromatic heterocycles. The lowest BCUT2D eigenvalue weighted by Gasteiger charge is -2.25. The smallest absolute Gasteiger partial charge is 0.304 e. The Morgan fingerprint density at radius 2 is 2.00 bits per heavy atom. The minimum atomic E-state index is -0.747. The summed E-state index contributed by atoms with van der Waals surface area (Å²) in [4.78, 5) is 12.3. The van der Waals surface area contributed by atoms with Gasteiger partial charge in [-0.15, -0.1) is 0 Å². The van der Waals surface area contributed by atoms with E-state index in [0.29, 0.717) is 6.54 Å². The van der Waals surface area contributed by atoms with Crippen molar-refractivity contribution in [2.24, 2.45) is 0 Å². The van der Waals surface area contributed by atoms with Gasteiger partial charge in [0.15, 0.2) is 0 Å². The third kappa shape index (κ3) is 6.86. The molecular weight excluding hydrogens is 182 g/mol. The molecule has 0 aromatic rings. The summed E-state index contributed by atoms with van der Waals surface area (Å²) in [6, 6.07) is 0. The van der Waals surface area contributed by atoms with E-state index in [0.717, 1.165) is 13.0 Å². The van der Waals surface area contributed by atoms with Crippen LogP contribution in [0.3, 0.4) is 0 Å². The van der Waals surface area contributed by atoms with Crippen molar-refractivity contribution >= 4 is 5.97 Å². The fraction of sp³-hybridized carbons (Fsp3) is 0.900. The average Bonchev–Trinajstić information content (AvgIpc) is 2.11. The molecule has 0 bridgehead atoms. The van der Waals surface area contributed by atoms with E-state index < -0.39 is 5.97 Å². The molecule has 0 saturated heterocycles. The van der Waals surface area contributed by atoms with Crippen LogP contribution in [0.5, 0.6) is 0 Å². The molecule has 0 aliphatic carbocycles. The van der Waals surface area contributed by atoms with E-state index in [4.69, 9.17) is 9.84 Å². The Hall–Kier alpha value is -0.610. The monoisotopic (exact) mass is 203 g/mol. The molecule has 0 heterocycles. The van der Waals surface area contributed by atoms with Crippen LogP contribution in [0.4, 0.5) is 0 Å². The van der Waals surface area contributed by atoms with E-state index in [1.165, 1.54) is 0 Å². The van der Waals surface area contributed by atoms with E-state index in [9.17, 15) is 4.79 Å². The molecular formula is C10H21NO3. The lowest BCUT2D eigenvalue weighted by molar-refractivity contribution is -0.137. The van der Waals surface area contributed by atoms with E-state index in [2.05, 4.69) is 0 Å². The summed E-state index contributed by atoms with van der Waals surface area (Å²) in [5.41, 5.74) is -0.127. The Bertz CT molecular complexity index is 180. The zero-order valence-corrected chi connectivity index (χ0v) is 9.54. The molecule has 1 N–H and O–H groups in total. The Morgan fingerprint density at radius 1 is 1.43 bits per heavy atom. The summed E-state index contributed by atoms with van der Waals surface area (Å²) in [6.07, 6.45) is 1.10. The molecule has 0 spiro atoms. The first-order valence-corrected chi connectivity index (χ1v) is 4.83. The average molecular weight is 203 g/mol. The molecule has 0 atom stereocenters. The van der Waals surface area contributed by atoms with Crippen LogP contribution in [-0.4, -0.2) is 48.8 Å². The number of carboxylic acid groups (broad SMARTS) is 1. The van der Waals surface area contributed by atoms with Gasteiger partial charge in [-0.2, -0.15) is 0 Å². The molecule has 0 saturated carbocycles. The van der Waals surface area contributed by atoms with Crippen LogP contribution in [0, 0.1) is 0 Å². The standard InChI is InChI=1S/C10H21NO3/c1-10(2,14-4)6-8-11(3)7-5-9(12)13/h5-8H2,1-4H3,(H,12,13). The second kappa shape index (κ2) is 5.98. The van der Waals surface area contributed by atoms with Crippen molar-refractivity contribution in [1.82, 2.24) is 4.90 Å². The van der Waals surface area contributed by atoms with Crippen LogP contribution in [0.1, 0.15) is 26.7 Å². The highest BCUT2D eigenvalue weighted by Crippen LogP contribution is 2.12. The Balaban J connectivity index is 3.63. The minimum Gasteiger partial charge on any atom is -0.481 e. The van der Waals surface area contributed by atoms with Crippen molar-refractivity contribution in [2.45, 2.75) is 32.3 Å². The first kappa shape index (κ1) is 13.4. The molecule has 0 unspecified atom stereocenters. The molecule has 0 amide bonds. The molecule has 0 rings (SSSR count). The highest BCUT2D eigenvalue weighted by molar-refractivity contribution is 5.66. The van der Waals surface area contributed by atoms with Crippen LogP contribution in [0.15, 0.2) is 0 Å².